The van der Waals surface area contributed by atoms with E-state index in [-0.39, 0.29) is 63.9 Å². The minimum absolute atomic E-state index is 0.0172. The van der Waals surface area contributed by atoms with Gasteiger partial charge in [0.2, 0.25) is 35.4 Å². The molecule has 3 amide bonds. The normalized spacial score (nSPS) is 17.4. The van der Waals surface area contributed by atoms with Gasteiger partial charge in [-0.25, -0.2) is 24.9 Å². The molecule has 0 spiro atoms. The zero-order chi connectivity index (χ0) is 35.8. The van der Waals surface area contributed by atoms with Crippen LogP contribution in [0.3, 0.4) is 0 Å². The van der Waals surface area contributed by atoms with Gasteiger partial charge >= 0.3 is 0 Å². The fraction of sp³-hybridized carbons (Fsp3) is 0.257. The lowest BCUT2D eigenvalue weighted by molar-refractivity contribution is -0.131. The van der Waals surface area contributed by atoms with Crippen molar-refractivity contribution in [3.63, 3.8) is 0 Å². The zero-order valence-corrected chi connectivity index (χ0v) is 28.7. The Morgan fingerprint density at radius 2 is 1.41 bits per heavy atom. The maximum Gasteiger partial charge on any atom is 0.274 e. The van der Waals surface area contributed by atoms with Crippen LogP contribution in [0, 0.1) is 11.8 Å². The summed E-state index contributed by atoms with van der Waals surface area (Å²) < 4.78 is 23.1. The molecule has 6 heterocycles. The number of rotatable bonds is 4. The highest BCUT2D eigenvalue weighted by molar-refractivity contribution is 7.13. The number of nitrogens with one attached hydrogen (secondary N) is 3. The summed E-state index contributed by atoms with van der Waals surface area (Å²) in [5, 5.41) is 10.6. The number of hydrogen-bond acceptors (Lipinski definition) is 13. The average Bonchev–Trinajstić information content (AvgIpc) is 3.97. The van der Waals surface area contributed by atoms with E-state index in [1.807, 2.05) is 19.9 Å². The molecular weight excluding hydrogens is 677 g/mol. The number of amides is 3. The predicted molar refractivity (Wildman–Crippen MR) is 184 cm³/mol. The maximum atomic E-state index is 14.0. The molecule has 0 fully saturated rings. The van der Waals surface area contributed by atoms with Gasteiger partial charge < -0.3 is 33.6 Å². The average molecular weight is 709 g/mol. The third-order valence-corrected chi connectivity index (χ3v) is 9.20. The highest BCUT2D eigenvalue weighted by Gasteiger charge is 2.34. The van der Waals surface area contributed by atoms with E-state index in [0.717, 1.165) is 0 Å². The minimum Gasteiger partial charge on any atom is -0.443 e. The van der Waals surface area contributed by atoms with Gasteiger partial charge in [0.1, 0.15) is 47.3 Å². The van der Waals surface area contributed by atoms with Crippen molar-refractivity contribution in [2.24, 2.45) is 11.8 Å². The molecule has 7 rings (SSSR count). The summed E-state index contributed by atoms with van der Waals surface area (Å²) in [7, 11) is 0. The number of oxazole rings is 4. The first kappa shape index (κ1) is 33.3. The minimum atomic E-state index is -1.04. The smallest absolute Gasteiger partial charge is 0.274 e. The van der Waals surface area contributed by atoms with E-state index in [4.69, 9.17) is 17.7 Å². The number of carbonyl (C=O) groups excluding carboxylic acids is 3. The van der Waals surface area contributed by atoms with Crippen molar-refractivity contribution in [2.75, 3.05) is 0 Å². The molecule has 0 saturated carbocycles. The molecule has 0 aliphatic carbocycles. The Morgan fingerprint density at radius 3 is 2.14 bits per heavy atom. The monoisotopic (exact) mass is 708 g/mol. The molecule has 3 atom stereocenters. The Labute approximate surface area is 294 Å². The molecule has 1 unspecified atom stereocenters. The number of benzene rings is 1. The fourth-order valence-electron chi connectivity index (χ4n) is 5.32. The molecule has 0 saturated heterocycles. The number of aromatic nitrogens is 5. The van der Waals surface area contributed by atoms with E-state index in [2.05, 4.69) is 47.4 Å². The van der Waals surface area contributed by atoms with Crippen LogP contribution in [-0.2, 0) is 9.59 Å². The van der Waals surface area contributed by atoms with Gasteiger partial charge in [-0.2, -0.15) is 0 Å². The zero-order valence-electron chi connectivity index (χ0n) is 27.9. The van der Waals surface area contributed by atoms with E-state index in [1.54, 1.807) is 43.5 Å². The van der Waals surface area contributed by atoms with Crippen molar-refractivity contribution in [1.29, 1.82) is 0 Å². The van der Waals surface area contributed by atoms with E-state index in [1.165, 1.54) is 30.1 Å². The van der Waals surface area contributed by atoms with Crippen molar-refractivity contribution < 1.29 is 32.1 Å². The Morgan fingerprint density at radius 1 is 0.765 bits per heavy atom. The van der Waals surface area contributed by atoms with Gasteiger partial charge in [0, 0.05) is 10.9 Å². The number of fused-ring (bicyclic) bond motifs is 14. The summed E-state index contributed by atoms with van der Waals surface area (Å²) in [4.78, 5) is 64.0. The number of hydrogen-bond donors (Lipinski definition) is 3. The molecule has 16 heteroatoms. The lowest BCUT2D eigenvalue weighted by Gasteiger charge is -2.27. The summed E-state index contributed by atoms with van der Waals surface area (Å²) in [5.41, 5.74) is 1.92. The maximum absolute atomic E-state index is 14.0. The molecule has 0 radical (unpaired) electrons. The van der Waals surface area contributed by atoms with Gasteiger partial charge in [0.25, 0.3) is 5.91 Å². The third-order valence-electron chi connectivity index (χ3n) is 8.33. The molecule has 15 nitrogen and oxygen atoms in total. The van der Waals surface area contributed by atoms with E-state index in [0.29, 0.717) is 28.4 Å². The largest absolute Gasteiger partial charge is 0.443 e. The third kappa shape index (κ3) is 6.60. The summed E-state index contributed by atoms with van der Waals surface area (Å²) in [6.45, 7) is 11.2. The number of thiazole rings is 1. The first-order valence-corrected chi connectivity index (χ1v) is 17.0. The first-order chi connectivity index (χ1) is 24.6. The molecular formula is C35H32N8O7S. The van der Waals surface area contributed by atoms with Crippen LogP contribution in [0.4, 0.5) is 0 Å². The SMILES string of the molecule is C=C1NC(=O)C(C(C)C)NC(=O)[C@@H]([C@@H](C)CC)NC(=O)c2nc(oc2-c2ccccc2)-c2coc(n2)-c2csc(n2)-c2coc(n2)-c2coc1n2. The van der Waals surface area contributed by atoms with Crippen LogP contribution >= 0.6 is 11.3 Å². The quantitative estimate of drug-likeness (QED) is 0.198. The summed E-state index contributed by atoms with van der Waals surface area (Å²) >= 11 is 1.29. The van der Waals surface area contributed by atoms with Crippen molar-refractivity contribution in [1.82, 2.24) is 40.9 Å². The first-order valence-electron chi connectivity index (χ1n) is 16.1. The Bertz CT molecular complexity index is 2240. The second-order valence-electron chi connectivity index (χ2n) is 12.2. The highest BCUT2D eigenvalue weighted by atomic mass is 32.1. The van der Waals surface area contributed by atoms with Crippen LogP contribution < -0.4 is 16.0 Å². The van der Waals surface area contributed by atoms with Gasteiger partial charge in [-0.15, -0.1) is 11.3 Å². The molecule has 10 bridgehead atoms. The standard InChI is InChI=1S/C35H32N8O7S/c1-6-17(4)25-29(45)41-24(16(2)3)28(44)36-18(5)31-37-20(12-47-31)32-39-22(14-49-32)35-40-23(15-51-35)33-38-21(13-48-33)34-43-26(30(46)42-25)27(50-34)19-10-8-7-9-11-19/h7-17,24-25H,5-6H2,1-4H3,(H,36,44)(H,41,45)(H,42,46)/t17-,24?,25+/m0/s1. The Kier molecular flexibility index (Phi) is 8.91. The van der Waals surface area contributed by atoms with Crippen molar-refractivity contribution in [3.8, 4) is 56.8 Å². The molecule has 51 heavy (non-hydrogen) atoms. The molecule has 1 aliphatic rings. The highest BCUT2D eigenvalue weighted by Crippen LogP contribution is 2.34. The number of carbonyl (C=O) groups is 3. The van der Waals surface area contributed by atoms with Gasteiger partial charge in [-0.1, -0.05) is 71.0 Å². The molecule has 5 aromatic heterocycles. The molecule has 3 N–H and O–H groups in total. The van der Waals surface area contributed by atoms with Crippen LogP contribution in [-0.4, -0.2) is 54.7 Å². The second kappa shape index (κ2) is 13.6. The van der Waals surface area contributed by atoms with E-state index in [9.17, 15) is 14.4 Å². The molecule has 260 valence electrons. The van der Waals surface area contributed by atoms with Gasteiger partial charge in [-0.05, 0) is 11.8 Å². The van der Waals surface area contributed by atoms with Crippen LogP contribution in [0.1, 0.15) is 50.5 Å². The van der Waals surface area contributed by atoms with E-state index < -0.39 is 29.8 Å². The van der Waals surface area contributed by atoms with Crippen LogP contribution in [0.25, 0.3) is 62.5 Å². The van der Waals surface area contributed by atoms with E-state index >= 15 is 0 Å². The van der Waals surface area contributed by atoms with Gasteiger partial charge in [0.15, 0.2) is 22.8 Å². The Hall–Kier alpha value is -6.16. The molecule has 1 aliphatic heterocycles. The molecule has 1 aromatic carbocycles. The Balaban J connectivity index is 1.31. The van der Waals surface area contributed by atoms with Gasteiger partial charge in [-0.3, -0.25) is 14.4 Å². The van der Waals surface area contributed by atoms with Gasteiger partial charge in [0.05, 0.1) is 5.70 Å². The lowest BCUT2D eigenvalue weighted by Crippen LogP contribution is -2.57. The number of nitrogens with zero attached hydrogens (tertiary/aromatic N) is 5. The lowest BCUT2D eigenvalue weighted by atomic mass is 9.96. The summed E-state index contributed by atoms with van der Waals surface area (Å²) in [6, 6.07) is 6.94. The van der Waals surface area contributed by atoms with Crippen molar-refractivity contribution in [3.05, 3.63) is 72.7 Å². The predicted octanol–water partition coefficient (Wildman–Crippen LogP) is 5.82. The van der Waals surface area contributed by atoms with Crippen LogP contribution in [0.15, 0.2) is 78.7 Å². The molecule has 6 aromatic rings. The summed E-state index contributed by atoms with van der Waals surface area (Å²) in [6.07, 6.45) is 4.65. The topological polar surface area (TPSA) is 204 Å². The van der Waals surface area contributed by atoms with Crippen molar-refractivity contribution in [2.45, 2.75) is 46.2 Å². The van der Waals surface area contributed by atoms with Crippen LogP contribution in [0.5, 0.6) is 0 Å². The van der Waals surface area contributed by atoms with Crippen LogP contribution in [0.2, 0.25) is 0 Å². The fourth-order valence-corrected chi connectivity index (χ4v) is 6.06. The van der Waals surface area contributed by atoms with Crippen molar-refractivity contribution >= 4 is 34.8 Å². The summed E-state index contributed by atoms with van der Waals surface area (Å²) in [5.74, 6) is -1.88. The second-order valence-corrected chi connectivity index (χ2v) is 13.1.